The Kier molecular flexibility index (Phi) is 14.6. The van der Waals surface area contributed by atoms with Crippen LogP contribution in [0.5, 0.6) is 0 Å². The van der Waals surface area contributed by atoms with Crippen LogP contribution in [0, 0.1) is 0 Å². The van der Waals surface area contributed by atoms with E-state index in [0.29, 0.717) is 0 Å². The minimum Gasteiger partial charge on any atom is 1.00 e. The monoisotopic (exact) mass is 186 g/mol. The third kappa shape index (κ3) is 64.0. The van der Waals surface area contributed by atoms with E-state index in [1.165, 1.54) is 0 Å². The summed E-state index contributed by atoms with van der Waals surface area (Å²) in [6, 6.07) is 0. The number of hydrogen-bond acceptors (Lipinski definition) is 4. The summed E-state index contributed by atoms with van der Waals surface area (Å²) in [6.07, 6.45) is 0. The van der Waals surface area contributed by atoms with Crippen LogP contribution < -0.4 is 71.4 Å². The molecule has 0 atom stereocenters. The Morgan fingerprint density at radius 2 is 1.14 bits per heavy atom. The molecule has 7 heteroatoms. The molecule has 0 aliphatic rings. The molecule has 0 aliphatic heterocycles. The fourth-order valence-electron chi connectivity index (χ4n) is 0. The predicted molar refractivity (Wildman–Crippen MR) is 7.55 cm³/mol. The molecule has 0 saturated heterocycles. The van der Waals surface area contributed by atoms with E-state index < -0.39 is 14.5 Å². The smallest absolute Gasteiger partial charge is 1.00 e. The van der Waals surface area contributed by atoms with Gasteiger partial charge in [-0.2, -0.15) is 0 Å². The summed E-state index contributed by atoms with van der Waals surface area (Å²) in [5.41, 5.74) is 0. The van der Waals surface area contributed by atoms with Gasteiger partial charge in [0.15, 0.2) is 0 Å². The summed E-state index contributed by atoms with van der Waals surface area (Å²) in [7, 11) is 0. The van der Waals surface area contributed by atoms with Gasteiger partial charge in [-0.05, 0) is 0 Å². The van der Waals surface area contributed by atoms with Crippen molar-refractivity contribution in [3.05, 3.63) is 0 Å². The Bertz CT molecular complexity index is 60.2. The SMILES string of the molecule is O=[As]([O-])([O-])[O-].[H+].[Na+].[Na+]. The second-order valence-electron chi connectivity index (χ2n) is 0.447. The Balaban J connectivity index is -0.0000000267. The van der Waals surface area contributed by atoms with Crippen LogP contribution in [0.15, 0.2) is 0 Å². The zero-order chi connectivity index (χ0) is 4.50. The van der Waals surface area contributed by atoms with Crippen LogP contribution in [0.1, 0.15) is 1.43 Å². The van der Waals surface area contributed by atoms with E-state index in [-0.39, 0.29) is 60.5 Å². The predicted octanol–water partition coefficient (Wildman–Crippen LogP) is -9.95. The largest absolute Gasteiger partial charge is 1.00 e. The van der Waals surface area contributed by atoms with E-state index in [1.54, 1.807) is 0 Å². The molecule has 0 aromatic heterocycles. The zero-order valence-corrected chi connectivity index (χ0v) is 9.96. The zero-order valence-electron chi connectivity index (χ0n) is 5.08. The van der Waals surface area contributed by atoms with Gasteiger partial charge in [0.25, 0.3) is 0 Å². The maximum atomic E-state index is 8.61. The van der Waals surface area contributed by atoms with Crippen molar-refractivity contribution < 1.29 is 76.6 Å². The quantitative estimate of drug-likeness (QED) is 0.351. The van der Waals surface area contributed by atoms with Crippen molar-refractivity contribution in [2.45, 2.75) is 0 Å². The number of rotatable bonds is 0. The Labute approximate surface area is 89.7 Å². The second-order valence-corrected chi connectivity index (χ2v) is 2.32. The fourth-order valence-corrected chi connectivity index (χ4v) is 0. The van der Waals surface area contributed by atoms with Crippen molar-refractivity contribution in [1.29, 1.82) is 0 Å². The standard InChI is InChI=1S/AsH3O4.2Na/c2-1(3,4)5;;/h(H3,2,3,4,5);;/q;2*+1/p-2. The normalized spacial score (nSPS) is 8.43. The molecule has 0 heterocycles. The topological polar surface area (TPSA) is 86.2 Å². The minimum absolute atomic E-state index is 0. The average Bonchev–Trinajstić information content (AvgIpc) is 0.722. The van der Waals surface area contributed by atoms with E-state index in [2.05, 4.69) is 0 Å². The van der Waals surface area contributed by atoms with E-state index >= 15 is 0 Å². The van der Waals surface area contributed by atoms with Gasteiger partial charge in [-0.25, -0.2) is 0 Å². The van der Waals surface area contributed by atoms with E-state index in [0.717, 1.165) is 0 Å². The van der Waals surface area contributed by atoms with Gasteiger partial charge in [-0.1, -0.05) is 0 Å². The molecule has 0 saturated carbocycles. The van der Waals surface area contributed by atoms with Gasteiger partial charge >= 0.3 is 91.1 Å². The summed E-state index contributed by atoms with van der Waals surface area (Å²) in [4.78, 5) is 0. The van der Waals surface area contributed by atoms with Crippen molar-refractivity contribution in [2.24, 2.45) is 0 Å². The van der Waals surface area contributed by atoms with Crippen molar-refractivity contribution in [2.75, 3.05) is 0 Å². The van der Waals surface area contributed by atoms with Crippen LogP contribution in [-0.4, -0.2) is 14.5 Å². The van der Waals surface area contributed by atoms with Gasteiger partial charge in [0.2, 0.25) is 0 Å². The first-order chi connectivity index (χ1) is 2.00. The first kappa shape index (κ1) is 16.1. The van der Waals surface area contributed by atoms with Crippen LogP contribution in [-0.2, 0) is 3.74 Å². The summed E-state index contributed by atoms with van der Waals surface area (Å²) >= 11 is -5.88. The Hall–Kier alpha value is 2.24. The summed E-state index contributed by atoms with van der Waals surface area (Å²) < 4.78 is 34.4. The third-order valence-electron chi connectivity index (χ3n) is 0. The van der Waals surface area contributed by atoms with Crippen LogP contribution in [0.4, 0.5) is 0 Å². The maximum absolute atomic E-state index is 8.61. The Morgan fingerprint density at radius 1 is 1.14 bits per heavy atom. The van der Waals surface area contributed by atoms with Crippen LogP contribution in [0.25, 0.3) is 0 Å². The minimum atomic E-state index is -5.88. The van der Waals surface area contributed by atoms with Crippen LogP contribution in [0.3, 0.4) is 0 Å². The molecule has 4 nitrogen and oxygen atoms in total. The molecule has 0 spiro atoms. The molecule has 0 N–H and O–H groups in total. The molecule has 0 aliphatic carbocycles. The van der Waals surface area contributed by atoms with Crippen molar-refractivity contribution in [3.63, 3.8) is 0 Å². The Morgan fingerprint density at radius 3 is 1.14 bits per heavy atom. The fraction of sp³-hybridized carbons (Fsp3) is 0. The average molecular weight is 186 g/mol. The summed E-state index contributed by atoms with van der Waals surface area (Å²) in [6.45, 7) is 0. The third-order valence-corrected chi connectivity index (χ3v) is 0. The summed E-state index contributed by atoms with van der Waals surface area (Å²) in [5, 5.41) is 0. The van der Waals surface area contributed by atoms with E-state index in [4.69, 9.17) is 16.0 Å². The molecule has 0 amide bonds. The molecule has 32 valence electrons. The molecule has 0 bridgehead atoms. The van der Waals surface area contributed by atoms with Crippen molar-refractivity contribution >= 4 is 14.5 Å². The van der Waals surface area contributed by atoms with Crippen molar-refractivity contribution in [3.8, 4) is 0 Å². The van der Waals surface area contributed by atoms with Crippen LogP contribution in [0.2, 0.25) is 0 Å². The molecule has 0 unspecified atom stereocenters. The van der Waals surface area contributed by atoms with Gasteiger partial charge in [0, 0.05) is 0 Å². The molecule has 0 rings (SSSR count). The first-order valence-corrected chi connectivity index (χ1v) is 3.79. The van der Waals surface area contributed by atoms with Crippen LogP contribution >= 0.6 is 0 Å². The van der Waals surface area contributed by atoms with Gasteiger partial charge in [0.05, 0.1) is 0 Å². The summed E-state index contributed by atoms with van der Waals surface area (Å²) in [5.74, 6) is 0. The maximum Gasteiger partial charge on any atom is 1.00 e. The second kappa shape index (κ2) is 6.36. The first-order valence-electron chi connectivity index (χ1n) is 0.730. The molecule has 0 aromatic carbocycles. The van der Waals surface area contributed by atoms with E-state index in [1.807, 2.05) is 0 Å². The van der Waals surface area contributed by atoms with Crippen molar-refractivity contribution in [1.82, 2.24) is 0 Å². The molecular weight excluding hydrogens is 185 g/mol. The number of hydrogen-bond donors (Lipinski definition) is 0. The molecular formula is HAsNa2O4. The molecule has 0 fully saturated rings. The molecule has 7 heavy (non-hydrogen) atoms. The van der Waals surface area contributed by atoms with E-state index in [9.17, 15) is 0 Å². The van der Waals surface area contributed by atoms with Gasteiger partial charge in [-0.15, -0.1) is 0 Å². The van der Waals surface area contributed by atoms with Gasteiger partial charge in [-0.3, -0.25) is 0 Å². The molecule has 0 aromatic rings. The molecule has 0 radical (unpaired) electrons. The van der Waals surface area contributed by atoms with Gasteiger partial charge in [0.1, 0.15) is 0 Å². The van der Waals surface area contributed by atoms with Gasteiger partial charge < -0.3 is 0 Å².